The predicted molar refractivity (Wildman–Crippen MR) is 76.8 cm³/mol. The summed E-state index contributed by atoms with van der Waals surface area (Å²) in [4.78, 5) is 13.6. The molecule has 0 spiro atoms. The SMILES string of the molecule is CCC(Cc1ccc2c(c1)N(CC)C(=O)CO2)NC. The Labute approximate surface area is 114 Å². The van der Waals surface area contributed by atoms with E-state index in [1.807, 2.05) is 20.0 Å². The summed E-state index contributed by atoms with van der Waals surface area (Å²) in [5.74, 6) is 0.843. The molecule has 0 bridgehead atoms. The molecule has 0 saturated carbocycles. The van der Waals surface area contributed by atoms with Crippen LogP contribution in [0.4, 0.5) is 5.69 Å². The van der Waals surface area contributed by atoms with E-state index in [9.17, 15) is 4.79 Å². The van der Waals surface area contributed by atoms with E-state index in [0.29, 0.717) is 12.6 Å². The topological polar surface area (TPSA) is 41.6 Å². The highest BCUT2D eigenvalue weighted by molar-refractivity contribution is 5.97. The molecule has 4 heteroatoms. The number of benzene rings is 1. The van der Waals surface area contributed by atoms with Crippen molar-refractivity contribution in [3.8, 4) is 5.75 Å². The van der Waals surface area contributed by atoms with E-state index in [-0.39, 0.29) is 12.5 Å². The van der Waals surface area contributed by atoms with Crippen molar-refractivity contribution in [1.82, 2.24) is 5.32 Å². The molecular weight excluding hydrogens is 240 g/mol. The van der Waals surface area contributed by atoms with Gasteiger partial charge in [0, 0.05) is 12.6 Å². The van der Waals surface area contributed by atoms with Gasteiger partial charge in [-0.25, -0.2) is 0 Å². The number of fused-ring (bicyclic) bond motifs is 1. The van der Waals surface area contributed by atoms with Gasteiger partial charge in [0.2, 0.25) is 0 Å². The Bertz CT molecular complexity index is 455. The maximum Gasteiger partial charge on any atom is 0.265 e. The molecule has 19 heavy (non-hydrogen) atoms. The number of ether oxygens (including phenoxy) is 1. The number of carbonyl (C=O) groups excluding carboxylic acids is 1. The quantitative estimate of drug-likeness (QED) is 0.882. The summed E-state index contributed by atoms with van der Waals surface area (Å²) in [5.41, 5.74) is 2.14. The fourth-order valence-electron chi connectivity index (χ4n) is 2.46. The van der Waals surface area contributed by atoms with Gasteiger partial charge in [-0.3, -0.25) is 4.79 Å². The molecule has 104 valence electrons. The number of nitrogens with zero attached hydrogens (tertiary/aromatic N) is 1. The van der Waals surface area contributed by atoms with Gasteiger partial charge in [0.1, 0.15) is 5.75 Å². The van der Waals surface area contributed by atoms with Gasteiger partial charge in [0.05, 0.1) is 5.69 Å². The molecule has 0 radical (unpaired) electrons. The number of likely N-dealkylation sites (N-methyl/N-ethyl adjacent to an activating group) is 2. The maximum atomic E-state index is 11.8. The van der Waals surface area contributed by atoms with E-state index in [0.717, 1.165) is 24.3 Å². The van der Waals surface area contributed by atoms with Crippen molar-refractivity contribution in [2.24, 2.45) is 0 Å². The molecule has 0 saturated heterocycles. The molecule has 0 fully saturated rings. The van der Waals surface area contributed by atoms with E-state index >= 15 is 0 Å². The number of rotatable bonds is 5. The zero-order valence-electron chi connectivity index (χ0n) is 11.9. The molecule has 0 aromatic heterocycles. The van der Waals surface area contributed by atoms with Crippen LogP contribution in [0.15, 0.2) is 18.2 Å². The highest BCUT2D eigenvalue weighted by Crippen LogP contribution is 2.33. The monoisotopic (exact) mass is 262 g/mol. The molecule has 4 nitrogen and oxygen atoms in total. The van der Waals surface area contributed by atoms with Crippen LogP contribution >= 0.6 is 0 Å². The van der Waals surface area contributed by atoms with Crippen molar-refractivity contribution in [2.45, 2.75) is 32.7 Å². The van der Waals surface area contributed by atoms with Gasteiger partial charge in [0.15, 0.2) is 6.61 Å². The molecule has 1 aliphatic rings. The van der Waals surface area contributed by atoms with Crippen molar-refractivity contribution in [3.63, 3.8) is 0 Å². The molecular formula is C15H22N2O2. The Hall–Kier alpha value is -1.55. The summed E-state index contributed by atoms with van der Waals surface area (Å²) in [7, 11) is 1.98. The lowest BCUT2D eigenvalue weighted by Gasteiger charge is -2.29. The van der Waals surface area contributed by atoms with E-state index in [1.54, 1.807) is 4.90 Å². The van der Waals surface area contributed by atoms with Gasteiger partial charge in [-0.15, -0.1) is 0 Å². The van der Waals surface area contributed by atoms with Crippen molar-refractivity contribution >= 4 is 11.6 Å². The first-order valence-corrected chi connectivity index (χ1v) is 6.92. The Morgan fingerprint density at radius 1 is 1.42 bits per heavy atom. The third-order valence-corrected chi connectivity index (χ3v) is 3.67. The maximum absolute atomic E-state index is 11.8. The number of amides is 1. The molecule has 2 rings (SSSR count). The Morgan fingerprint density at radius 2 is 2.21 bits per heavy atom. The smallest absolute Gasteiger partial charge is 0.265 e. The summed E-state index contributed by atoms with van der Waals surface area (Å²) >= 11 is 0. The van der Waals surface area contributed by atoms with Crippen molar-refractivity contribution in [2.75, 3.05) is 25.1 Å². The van der Waals surface area contributed by atoms with Crippen LogP contribution in [-0.4, -0.2) is 32.1 Å². The largest absolute Gasteiger partial charge is 0.482 e. The molecule has 1 aliphatic heterocycles. The second-order valence-electron chi connectivity index (χ2n) is 4.83. The van der Waals surface area contributed by atoms with Gasteiger partial charge < -0.3 is 15.0 Å². The number of hydrogen-bond donors (Lipinski definition) is 1. The summed E-state index contributed by atoms with van der Waals surface area (Å²) in [5, 5.41) is 3.30. The lowest BCUT2D eigenvalue weighted by molar-refractivity contribution is -0.121. The van der Waals surface area contributed by atoms with Crippen molar-refractivity contribution in [1.29, 1.82) is 0 Å². The Morgan fingerprint density at radius 3 is 2.84 bits per heavy atom. The number of anilines is 1. The molecule has 0 aliphatic carbocycles. The van der Waals surface area contributed by atoms with Crippen molar-refractivity contribution in [3.05, 3.63) is 23.8 Å². The van der Waals surface area contributed by atoms with Crippen LogP contribution in [0.3, 0.4) is 0 Å². The van der Waals surface area contributed by atoms with Gasteiger partial charge in [0.25, 0.3) is 5.91 Å². The number of hydrogen-bond acceptors (Lipinski definition) is 3. The standard InChI is InChI=1S/C15H22N2O2/c1-4-12(16-3)8-11-6-7-14-13(9-11)17(5-2)15(18)10-19-14/h6-7,9,12,16H,4-5,8,10H2,1-3H3. The summed E-state index contributed by atoms with van der Waals surface area (Å²) < 4.78 is 5.47. The van der Waals surface area contributed by atoms with Gasteiger partial charge in [-0.1, -0.05) is 13.0 Å². The minimum absolute atomic E-state index is 0.0350. The van der Waals surface area contributed by atoms with Gasteiger partial charge >= 0.3 is 0 Å². The highest BCUT2D eigenvalue weighted by Gasteiger charge is 2.24. The molecule has 1 N–H and O–H groups in total. The third kappa shape index (κ3) is 2.89. The van der Waals surface area contributed by atoms with Crippen LogP contribution in [0.2, 0.25) is 0 Å². The number of carbonyl (C=O) groups is 1. The lowest BCUT2D eigenvalue weighted by Crippen LogP contribution is -2.38. The summed E-state index contributed by atoms with van der Waals surface area (Å²) in [6.07, 6.45) is 2.05. The minimum Gasteiger partial charge on any atom is -0.482 e. The van der Waals surface area contributed by atoms with Crippen LogP contribution in [0.1, 0.15) is 25.8 Å². The first-order chi connectivity index (χ1) is 9.19. The van der Waals surface area contributed by atoms with Crippen molar-refractivity contribution < 1.29 is 9.53 Å². The van der Waals surface area contributed by atoms with E-state index in [1.165, 1.54) is 5.56 Å². The van der Waals surface area contributed by atoms with Crippen LogP contribution < -0.4 is 15.0 Å². The average molecular weight is 262 g/mol. The van der Waals surface area contributed by atoms with E-state index in [4.69, 9.17) is 4.74 Å². The second kappa shape index (κ2) is 6.06. The minimum atomic E-state index is 0.0350. The summed E-state index contributed by atoms with van der Waals surface area (Å²) in [6, 6.07) is 6.61. The molecule has 1 heterocycles. The fourth-order valence-corrected chi connectivity index (χ4v) is 2.46. The van der Waals surface area contributed by atoms with Gasteiger partial charge in [-0.2, -0.15) is 0 Å². The van der Waals surface area contributed by atoms with Gasteiger partial charge in [-0.05, 0) is 44.5 Å². The molecule has 1 amide bonds. The zero-order valence-corrected chi connectivity index (χ0v) is 11.9. The molecule has 1 aromatic carbocycles. The van der Waals surface area contributed by atoms with Crippen LogP contribution in [0.25, 0.3) is 0 Å². The summed E-state index contributed by atoms with van der Waals surface area (Å²) in [6.45, 7) is 4.99. The van der Waals surface area contributed by atoms with E-state index < -0.39 is 0 Å². The average Bonchev–Trinajstić information content (AvgIpc) is 2.44. The van der Waals surface area contributed by atoms with E-state index in [2.05, 4.69) is 24.4 Å². The van der Waals surface area contributed by atoms with Crippen LogP contribution in [0, 0.1) is 0 Å². The Balaban J connectivity index is 2.26. The van der Waals surface area contributed by atoms with Crippen LogP contribution in [-0.2, 0) is 11.2 Å². The number of nitrogens with one attached hydrogen (secondary N) is 1. The first-order valence-electron chi connectivity index (χ1n) is 6.92. The molecule has 1 atom stereocenters. The zero-order chi connectivity index (χ0) is 13.8. The lowest BCUT2D eigenvalue weighted by atomic mass is 10.0. The van der Waals surface area contributed by atoms with Crippen LogP contribution in [0.5, 0.6) is 5.75 Å². The third-order valence-electron chi connectivity index (χ3n) is 3.67. The Kier molecular flexibility index (Phi) is 4.43. The normalized spacial score (nSPS) is 15.9. The highest BCUT2D eigenvalue weighted by atomic mass is 16.5. The second-order valence-corrected chi connectivity index (χ2v) is 4.83. The molecule has 1 aromatic rings. The fraction of sp³-hybridized carbons (Fsp3) is 0.533. The predicted octanol–water partition coefficient (Wildman–Crippen LogP) is 1.97. The first kappa shape index (κ1) is 13.9. The molecule has 1 unspecified atom stereocenters.